The van der Waals surface area contributed by atoms with Gasteiger partial charge < -0.3 is 34.9 Å². The van der Waals surface area contributed by atoms with Crippen LogP contribution in [0.5, 0.6) is 0 Å². The largest absolute Gasteiger partial charge is 0.465 e. The van der Waals surface area contributed by atoms with Crippen LogP contribution >= 0.6 is 0 Å². The monoisotopic (exact) mass is 764 g/mol. The lowest BCUT2D eigenvalue weighted by Crippen LogP contribution is -2.51. The summed E-state index contributed by atoms with van der Waals surface area (Å²) in [5.74, 6) is 0.384. The quantitative estimate of drug-likeness (QED) is 0.132. The van der Waals surface area contributed by atoms with Crippen molar-refractivity contribution in [2.75, 3.05) is 27.2 Å². The molecule has 2 fully saturated rings. The second kappa shape index (κ2) is 15.3. The van der Waals surface area contributed by atoms with Gasteiger partial charge in [0.2, 0.25) is 11.8 Å². The van der Waals surface area contributed by atoms with Crippen LogP contribution in [-0.2, 0) is 14.3 Å². The number of methoxy groups -OCH3 is 1. The molecular formula is C41H48N8O7. The highest BCUT2D eigenvalue weighted by molar-refractivity contribution is 6.22. The summed E-state index contributed by atoms with van der Waals surface area (Å²) in [5, 5.41) is 12.3. The number of aromatic nitrogens is 4. The predicted octanol–water partition coefficient (Wildman–Crippen LogP) is 6.02. The maximum absolute atomic E-state index is 13.9. The number of carboxylic acid groups (broad SMARTS) is 1. The molecule has 4 aromatic rings. The Morgan fingerprint density at radius 2 is 1.30 bits per heavy atom. The van der Waals surface area contributed by atoms with E-state index < -0.39 is 24.3 Å². The Morgan fingerprint density at radius 1 is 0.804 bits per heavy atom. The van der Waals surface area contributed by atoms with Crippen molar-refractivity contribution >= 4 is 29.8 Å². The summed E-state index contributed by atoms with van der Waals surface area (Å²) in [6.45, 7) is 8.49. The first-order valence-electron chi connectivity index (χ1n) is 19.1. The number of imidazole rings is 2. The van der Waals surface area contributed by atoms with E-state index in [0.717, 1.165) is 52.1 Å². The molecule has 15 heteroatoms. The lowest BCUT2D eigenvalue weighted by Gasteiger charge is -2.33. The van der Waals surface area contributed by atoms with Gasteiger partial charge in [0, 0.05) is 42.4 Å². The average Bonchev–Trinajstić information content (AvgIpc) is 4.03. The molecule has 3 aliphatic rings. The molecule has 4 N–H and O–H groups in total. The van der Waals surface area contributed by atoms with E-state index in [-0.39, 0.29) is 41.5 Å². The molecule has 2 aliphatic heterocycles. The van der Waals surface area contributed by atoms with E-state index in [4.69, 9.17) is 4.74 Å². The van der Waals surface area contributed by atoms with Gasteiger partial charge in [-0.15, -0.1) is 0 Å². The normalized spacial score (nSPS) is 18.6. The van der Waals surface area contributed by atoms with E-state index in [1.807, 2.05) is 64.1 Å². The first-order valence-corrected chi connectivity index (χ1v) is 19.1. The molecule has 2 saturated heterocycles. The Bertz CT molecular complexity index is 2190. The lowest BCUT2D eigenvalue weighted by atomic mass is 10.0. The van der Waals surface area contributed by atoms with Crippen LogP contribution in [-0.4, -0.2) is 109 Å². The van der Waals surface area contributed by atoms with Crippen molar-refractivity contribution in [3.05, 3.63) is 71.6 Å². The Morgan fingerprint density at radius 3 is 1.75 bits per heavy atom. The number of amides is 4. The molecule has 56 heavy (non-hydrogen) atoms. The van der Waals surface area contributed by atoms with Crippen LogP contribution < -0.4 is 5.32 Å². The molecule has 15 nitrogen and oxygen atoms in total. The molecule has 294 valence electrons. The smallest absolute Gasteiger partial charge is 0.407 e. The molecule has 0 bridgehead atoms. The molecular weight excluding hydrogens is 716 g/mol. The Labute approximate surface area is 324 Å². The molecule has 4 heterocycles. The molecule has 0 saturated carbocycles. The maximum atomic E-state index is 13.9. The minimum atomic E-state index is -1.15. The van der Waals surface area contributed by atoms with Gasteiger partial charge in [-0.05, 0) is 60.8 Å². The summed E-state index contributed by atoms with van der Waals surface area (Å²) in [6, 6.07) is 9.36. The number of aromatic amines is 2. The zero-order valence-electron chi connectivity index (χ0n) is 32.5. The van der Waals surface area contributed by atoms with E-state index in [2.05, 4.69) is 25.3 Å². The zero-order valence-corrected chi connectivity index (χ0v) is 32.5. The van der Waals surface area contributed by atoms with Gasteiger partial charge in [-0.2, -0.15) is 0 Å². The van der Waals surface area contributed by atoms with Crippen molar-refractivity contribution in [2.24, 2.45) is 11.8 Å². The fraction of sp³-hybridized carbons (Fsp3) is 0.439. The first kappa shape index (κ1) is 38.3. The number of likely N-dealkylation sites (tertiary alicyclic amines) is 2. The molecule has 2 aromatic carbocycles. The van der Waals surface area contributed by atoms with Gasteiger partial charge in [0.1, 0.15) is 23.7 Å². The number of nitrogens with zero attached hydrogens (tertiary/aromatic N) is 5. The number of H-pyrrole nitrogens is 2. The highest BCUT2D eigenvalue weighted by Crippen LogP contribution is 2.41. The van der Waals surface area contributed by atoms with Gasteiger partial charge in [0.05, 0.1) is 43.0 Å². The number of carbonyl (C=O) groups excluding carboxylic acids is 4. The van der Waals surface area contributed by atoms with Gasteiger partial charge in [0.15, 0.2) is 5.78 Å². The van der Waals surface area contributed by atoms with Gasteiger partial charge >= 0.3 is 12.2 Å². The topological polar surface area (TPSA) is 194 Å². The first-order chi connectivity index (χ1) is 26.8. The summed E-state index contributed by atoms with van der Waals surface area (Å²) < 4.78 is 4.75. The number of benzene rings is 2. The van der Waals surface area contributed by atoms with Crippen molar-refractivity contribution in [3.8, 4) is 33.6 Å². The number of fused-ring (bicyclic) bond motifs is 3. The van der Waals surface area contributed by atoms with Gasteiger partial charge in [-0.1, -0.05) is 52.0 Å². The van der Waals surface area contributed by atoms with Gasteiger partial charge in [-0.3, -0.25) is 19.3 Å². The zero-order chi connectivity index (χ0) is 40.0. The van der Waals surface area contributed by atoms with Crippen LogP contribution in [0, 0.1) is 11.8 Å². The number of hydrogen-bond acceptors (Lipinski definition) is 8. The van der Waals surface area contributed by atoms with E-state index >= 15 is 0 Å². The van der Waals surface area contributed by atoms with Crippen LogP contribution in [0.2, 0.25) is 0 Å². The summed E-state index contributed by atoms with van der Waals surface area (Å²) in [6.07, 6.45) is 4.61. The lowest BCUT2D eigenvalue weighted by molar-refractivity contribution is -0.138. The minimum Gasteiger partial charge on any atom is -0.465 e. The van der Waals surface area contributed by atoms with Gasteiger partial charge in [0.25, 0.3) is 0 Å². The number of rotatable bonds is 10. The highest BCUT2D eigenvalue weighted by atomic mass is 16.5. The molecule has 0 spiro atoms. The molecule has 1 aliphatic carbocycles. The van der Waals surface area contributed by atoms with Crippen LogP contribution in [0.15, 0.2) is 48.8 Å². The molecule has 0 unspecified atom stereocenters. The van der Waals surface area contributed by atoms with E-state index in [1.165, 1.54) is 14.2 Å². The minimum absolute atomic E-state index is 0.0987. The van der Waals surface area contributed by atoms with Crippen molar-refractivity contribution < 1.29 is 33.8 Å². The van der Waals surface area contributed by atoms with Crippen molar-refractivity contribution in [1.29, 1.82) is 0 Å². The van der Waals surface area contributed by atoms with E-state index in [0.29, 0.717) is 48.0 Å². The van der Waals surface area contributed by atoms with Crippen LogP contribution in [0.25, 0.3) is 33.6 Å². The van der Waals surface area contributed by atoms with E-state index in [9.17, 15) is 29.1 Å². The van der Waals surface area contributed by atoms with Crippen molar-refractivity contribution in [2.45, 2.75) is 77.5 Å². The third kappa shape index (κ3) is 6.90. The fourth-order valence-corrected chi connectivity index (χ4v) is 8.41. The van der Waals surface area contributed by atoms with Crippen LogP contribution in [0.4, 0.5) is 9.59 Å². The Hall–Kier alpha value is -5.99. The standard InChI is InChI=1S/C41H48N8O7/c1-21(2)33(46-40(53)56-6)38(51)48-15-7-9-31(48)36-42-19-29(44-36)23-11-13-25-26-14-12-24(18-28(26)35(50)27(25)17-23)30-20-43-37(45-30)32-10-8-16-49(32)39(52)34(22(3)4)47(5)41(54)55/h11-14,17-22,31-34H,7-10,15-16H2,1-6H3,(H,42,44)(H,43,45)(H,46,53)(H,54,55)/t31-,32-,33-,34-/m0/s1. The molecule has 2 aromatic heterocycles. The van der Waals surface area contributed by atoms with Crippen LogP contribution in [0.1, 0.15) is 93.0 Å². The Balaban J connectivity index is 1.08. The highest BCUT2D eigenvalue weighted by Gasteiger charge is 2.40. The summed E-state index contributed by atoms with van der Waals surface area (Å²) >= 11 is 0. The van der Waals surface area contributed by atoms with Crippen molar-refractivity contribution in [1.82, 2.24) is 40.0 Å². The van der Waals surface area contributed by atoms with Gasteiger partial charge in [-0.25, -0.2) is 19.6 Å². The number of carbonyl (C=O) groups is 5. The number of hydrogen-bond donors (Lipinski definition) is 4. The number of nitrogens with one attached hydrogen (secondary N) is 3. The SMILES string of the molecule is COC(=O)N[C@H](C(=O)N1CCC[C@H]1c1ncc(-c2ccc3c(c2)C(=O)c2cc(-c4cnc([C@@H]5CCCN5C(=O)[C@H](C(C)C)N(C)C(=O)O)[nH]4)ccc2-3)[nH]1)C(C)C. The Kier molecular flexibility index (Phi) is 10.4. The maximum Gasteiger partial charge on any atom is 0.407 e. The number of alkyl carbamates (subject to hydrolysis) is 1. The second-order valence-corrected chi connectivity index (χ2v) is 15.5. The molecule has 4 amide bonds. The third-order valence-electron chi connectivity index (χ3n) is 11.3. The molecule has 4 atom stereocenters. The second-order valence-electron chi connectivity index (χ2n) is 15.5. The third-order valence-corrected chi connectivity index (χ3v) is 11.3. The summed E-state index contributed by atoms with van der Waals surface area (Å²) in [7, 11) is 2.70. The summed E-state index contributed by atoms with van der Waals surface area (Å²) in [5.41, 5.74) is 5.82. The fourth-order valence-electron chi connectivity index (χ4n) is 8.41. The molecule has 7 rings (SSSR count). The number of ether oxygens (including phenoxy) is 1. The van der Waals surface area contributed by atoms with E-state index in [1.54, 1.807) is 22.2 Å². The van der Waals surface area contributed by atoms with Crippen LogP contribution in [0.3, 0.4) is 0 Å². The predicted molar refractivity (Wildman–Crippen MR) is 206 cm³/mol. The summed E-state index contributed by atoms with van der Waals surface area (Å²) in [4.78, 5) is 85.6. The number of likely N-dealkylation sites (N-methyl/N-ethyl adjacent to an activating group) is 1. The molecule has 0 radical (unpaired) electrons. The van der Waals surface area contributed by atoms with Crippen molar-refractivity contribution in [3.63, 3.8) is 0 Å². The number of ketones is 1. The average molecular weight is 765 g/mol.